The molecule has 0 amide bonds. The van der Waals surface area contributed by atoms with E-state index in [9.17, 15) is 16.8 Å². The molecular weight excluding hydrogens is 290 g/mol. The molecule has 0 fully saturated rings. The van der Waals surface area contributed by atoms with E-state index in [0.717, 1.165) is 5.56 Å². The molecule has 0 saturated heterocycles. The van der Waals surface area contributed by atoms with Gasteiger partial charge in [-0.25, -0.2) is 26.7 Å². The monoisotopic (exact) mass is 307 g/mol. The van der Waals surface area contributed by atoms with E-state index >= 15 is 0 Å². The summed E-state index contributed by atoms with van der Waals surface area (Å²) in [5, 5.41) is 4.78. The van der Waals surface area contributed by atoms with Crippen molar-refractivity contribution in [2.75, 3.05) is 12.3 Å². The zero-order valence-corrected chi connectivity index (χ0v) is 12.0. The first-order chi connectivity index (χ1) is 8.62. The Balaban J connectivity index is 2.77. The van der Waals surface area contributed by atoms with E-state index in [2.05, 4.69) is 4.72 Å². The maximum atomic E-state index is 11.8. The zero-order valence-electron chi connectivity index (χ0n) is 10.4. The molecule has 7 nitrogen and oxygen atoms in total. The summed E-state index contributed by atoms with van der Waals surface area (Å²) in [6.45, 7) is 1.52. The topological polar surface area (TPSA) is 132 Å². The van der Waals surface area contributed by atoms with E-state index in [1.165, 1.54) is 12.1 Å². The lowest BCUT2D eigenvalue weighted by molar-refractivity contribution is 0.581. The van der Waals surface area contributed by atoms with Gasteiger partial charge in [0.05, 0.1) is 10.6 Å². The van der Waals surface area contributed by atoms with Gasteiger partial charge >= 0.3 is 0 Å². The molecule has 1 rings (SSSR count). The number of nitrogens with two attached hydrogens (primary N) is 2. The Morgan fingerprint density at radius 2 is 1.68 bits per heavy atom. The second-order valence-electron chi connectivity index (χ2n) is 4.12. The summed E-state index contributed by atoms with van der Waals surface area (Å²) < 4.78 is 47.2. The second kappa shape index (κ2) is 5.97. The molecule has 0 bridgehead atoms. The first-order valence-electron chi connectivity index (χ1n) is 5.47. The fraction of sp³-hybridized carbons (Fsp3) is 0.400. The van der Waals surface area contributed by atoms with Crippen LogP contribution in [0, 0.1) is 0 Å². The Bertz CT molecular complexity index is 621. The van der Waals surface area contributed by atoms with E-state index in [1.54, 1.807) is 19.1 Å². The molecule has 19 heavy (non-hydrogen) atoms. The van der Waals surface area contributed by atoms with Crippen LogP contribution in [0.1, 0.15) is 18.5 Å². The Morgan fingerprint density at radius 1 is 1.16 bits per heavy atom. The van der Waals surface area contributed by atoms with E-state index in [4.69, 9.17) is 10.9 Å². The lowest BCUT2D eigenvalue weighted by Gasteiger charge is -2.08. The lowest BCUT2D eigenvalue weighted by Crippen LogP contribution is -2.31. The minimum Gasteiger partial charge on any atom is -0.324 e. The van der Waals surface area contributed by atoms with Gasteiger partial charge in [-0.3, -0.25) is 0 Å². The maximum absolute atomic E-state index is 11.8. The summed E-state index contributed by atoms with van der Waals surface area (Å²) in [6.07, 6.45) is 0. The Kier molecular flexibility index (Phi) is 5.04. The molecule has 0 aromatic heterocycles. The van der Waals surface area contributed by atoms with Crippen LogP contribution in [0.2, 0.25) is 0 Å². The van der Waals surface area contributed by atoms with Crippen LogP contribution in [0.25, 0.3) is 0 Å². The molecule has 0 heterocycles. The van der Waals surface area contributed by atoms with Crippen molar-refractivity contribution < 1.29 is 16.8 Å². The first kappa shape index (κ1) is 16.1. The zero-order chi connectivity index (χ0) is 14.7. The van der Waals surface area contributed by atoms with Crippen molar-refractivity contribution >= 4 is 20.0 Å². The molecule has 9 heteroatoms. The Labute approximate surface area is 113 Å². The highest BCUT2D eigenvalue weighted by Crippen LogP contribution is 2.14. The summed E-state index contributed by atoms with van der Waals surface area (Å²) >= 11 is 0. The molecule has 0 saturated carbocycles. The molecule has 108 valence electrons. The number of nitrogens with one attached hydrogen (secondary N) is 1. The third-order valence-electron chi connectivity index (χ3n) is 2.39. The molecule has 0 aliphatic rings. The van der Waals surface area contributed by atoms with Gasteiger partial charge < -0.3 is 5.73 Å². The predicted molar refractivity (Wildman–Crippen MR) is 72.2 cm³/mol. The van der Waals surface area contributed by atoms with Crippen LogP contribution in [0.15, 0.2) is 29.2 Å². The van der Waals surface area contributed by atoms with Crippen LogP contribution in [0.4, 0.5) is 0 Å². The number of rotatable bonds is 6. The second-order valence-corrected chi connectivity index (χ2v) is 7.62. The minimum atomic E-state index is -3.74. The van der Waals surface area contributed by atoms with Gasteiger partial charge in [0.1, 0.15) is 0 Å². The third-order valence-corrected chi connectivity index (χ3v) is 4.64. The molecule has 5 N–H and O–H groups in total. The minimum absolute atomic E-state index is 0.0475. The van der Waals surface area contributed by atoms with Gasteiger partial charge in [0.25, 0.3) is 0 Å². The molecule has 1 atom stereocenters. The molecule has 0 radical (unpaired) electrons. The van der Waals surface area contributed by atoms with E-state index in [-0.39, 0.29) is 17.5 Å². The number of primary sulfonamides is 1. The average Bonchev–Trinajstić information content (AvgIpc) is 2.27. The highest BCUT2D eigenvalue weighted by atomic mass is 32.2. The first-order valence-corrected chi connectivity index (χ1v) is 8.67. The molecule has 1 aromatic carbocycles. The fourth-order valence-corrected chi connectivity index (χ4v) is 2.90. The molecule has 0 aliphatic heterocycles. The summed E-state index contributed by atoms with van der Waals surface area (Å²) in [7, 11) is -7.43. The van der Waals surface area contributed by atoms with Crippen molar-refractivity contribution in [2.24, 2.45) is 10.9 Å². The smallest absolute Gasteiger partial charge is 0.240 e. The highest BCUT2D eigenvalue weighted by Gasteiger charge is 2.14. The largest absolute Gasteiger partial charge is 0.324 e. The van der Waals surface area contributed by atoms with E-state index in [0.29, 0.717) is 0 Å². The Hall–Kier alpha value is -1.00. The normalized spacial score (nSPS) is 14.3. The van der Waals surface area contributed by atoms with Gasteiger partial charge in [-0.1, -0.05) is 12.1 Å². The van der Waals surface area contributed by atoms with Crippen LogP contribution in [0.5, 0.6) is 0 Å². The van der Waals surface area contributed by atoms with Crippen molar-refractivity contribution in [1.82, 2.24) is 4.72 Å². The molecular formula is C10H17N3O4S2. The molecule has 1 unspecified atom stereocenters. The van der Waals surface area contributed by atoms with Crippen LogP contribution in [0.3, 0.4) is 0 Å². The number of sulfonamides is 2. The van der Waals surface area contributed by atoms with Gasteiger partial charge in [-0.2, -0.15) is 0 Å². The average molecular weight is 307 g/mol. The summed E-state index contributed by atoms with van der Waals surface area (Å²) in [5.74, 6) is -0.454. The predicted octanol–water partition coefficient (Wildman–Crippen LogP) is -0.727. The van der Waals surface area contributed by atoms with Crippen molar-refractivity contribution in [3.63, 3.8) is 0 Å². The van der Waals surface area contributed by atoms with Crippen LogP contribution in [-0.2, 0) is 20.0 Å². The van der Waals surface area contributed by atoms with Gasteiger partial charge in [0, 0.05) is 12.6 Å². The van der Waals surface area contributed by atoms with Crippen LogP contribution in [-0.4, -0.2) is 29.1 Å². The number of hydrogen-bond acceptors (Lipinski definition) is 5. The summed E-state index contributed by atoms with van der Waals surface area (Å²) in [5.41, 5.74) is 6.46. The lowest BCUT2D eigenvalue weighted by atomic mass is 10.1. The highest BCUT2D eigenvalue weighted by molar-refractivity contribution is 7.90. The van der Waals surface area contributed by atoms with Crippen LogP contribution < -0.4 is 15.6 Å². The summed E-state index contributed by atoms with van der Waals surface area (Å²) in [4.78, 5) is 0.0475. The van der Waals surface area contributed by atoms with Crippen molar-refractivity contribution in [3.05, 3.63) is 29.8 Å². The molecule has 1 aromatic rings. The van der Waals surface area contributed by atoms with Crippen molar-refractivity contribution in [2.45, 2.75) is 17.9 Å². The summed E-state index contributed by atoms with van der Waals surface area (Å²) in [6, 6.07) is 5.86. The van der Waals surface area contributed by atoms with Gasteiger partial charge in [-0.05, 0) is 24.6 Å². The van der Waals surface area contributed by atoms with Gasteiger partial charge in [0.15, 0.2) is 0 Å². The van der Waals surface area contributed by atoms with Crippen LogP contribution >= 0.6 is 0 Å². The quantitative estimate of drug-likeness (QED) is 0.637. The number of hydrogen-bond donors (Lipinski definition) is 3. The molecule has 0 spiro atoms. The number of benzene rings is 1. The van der Waals surface area contributed by atoms with E-state index < -0.39 is 25.8 Å². The van der Waals surface area contributed by atoms with Gasteiger partial charge in [-0.15, -0.1) is 0 Å². The SMILES string of the molecule is CC(N)c1ccc(S(=O)(=O)NCCS(N)(=O)=O)cc1. The molecule has 0 aliphatic carbocycles. The standard InChI is InChI=1S/C10H17N3O4S2/c1-8(11)9-2-4-10(5-3-9)19(16,17)13-6-7-18(12,14)15/h2-5,8,13H,6-7,11H2,1H3,(H2,12,14,15). The van der Waals surface area contributed by atoms with E-state index in [1.807, 2.05) is 0 Å². The fourth-order valence-electron chi connectivity index (χ4n) is 1.35. The third kappa shape index (κ3) is 5.25. The van der Waals surface area contributed by atoms with Gasteiger partial charge in [0.2, 0.25) is 20.0 Å². The van der Waals surface area contributed by atoms with Crippen molar-refractivity contribution in [1.29, 1.82) is 0 Å². The maximum Gasteiger partial charge on any atom is 0.240 e. The van der Waals surface area contributed by atoms with Crippen molar-refractivity contribution in [3.8, 4) is 0 Å². The Morgan fingerprint density at radius 3 is 2.11 bits per heavy atom.